The fourth-order valence-electron chi connectivity index (χ4n) is 3.91. The summed E-state index contributed by atoms with van der Waals surface area (Å²) in [5.74, 6) is 1.13. The van der Waals surface area contributed by atoms with E-state index < -0.39 is 10.0 Å². The highest BCUT2D eigenvalue weighted by atomic mass is 35.5. The summed E-state index contributed by atoms with van der Waals surface area (Å²) in [6.07, 6.45) is 6.01. The summed E-state index contributed by atoms with van der Waals surface area (Å²) < 4.78 is 26.2. The maximum absolute atomic E-state index is 12.9. The third kappa shape index (κ3) is 3.46. The zero-order chi connectivity index (χ0) is 17.3. The summed E-state index contributed by atoms with van der Waals surface area (Å²) in [5.41, 5.74) is 0.266. The largest absolute Gasteiger partial charge is 0.338 e. The van der Waals surface area contributed by atoms with Crippen molar-refractivity contribution in [2.75, 3.05) is 20.1 Å². The van der Waals surface area contributed by atoms with E-state index in [9.17, 15) is 13.2 Å². The lowest BCUT2D eigenvalue weighted by Gasteiger charge is -2.41. The van der Waals surface area contributed by atoms with Crippen molar-refractivity contribution in [1.29, 1.82) is 0 Å². The van der Waals surface area contributed by atoms with Gasteiger partial charge in [0.25, 0.3) is 5.91 Å². The predicted octanol–water partition coefficient (Wildman–Crippen LogP) is 2.90. The van der Waals surface area contributed by atoms with E-state index in [1.54, 1.807) is 0 Å². The van der Waals surface area contributed by atoms with Gasteiger partial charge in [0.1, 0.15) is 0 Å². The number of amides is 1. The molecule has 2 atom stereocenters. The number of nitrogens with one attached hydrogen (secondary N) is 1. The van der Waals surface area contributed by atoms with Crippen molar-refractivity contribution in [3.63, 3.8) is 0 Å². The normalized spacial score (nSPS) is 24.5. The van der Waals surface area contributed by atoms with Crippen molar-refractivity contribution in [3.05, 3.63) is 28.8 Å². The van der Waals surface area contributed by atoms with Crippen LogP contribution in [0.2, 0.25) is 5.02 Å². The summed E-state index contributed by atoms with van der Waals surface area (Å²) in [6.45, 7) is 1.47. The van der Waals surface area contributed by atoms with E-state index in [2.05, 4.69) is 4.72 Å². The van der Waals surface area contributed by atoms with Gasteiger partial charge in [-0.05, 0) is 49.9 Å². The van der Waals surface area contributed by atoms with Crippen LogP contribution in [0, 0.1) is 11.8 Å². The molecule has 1 aliphatic carbocycles. The maximum Gasteiger partial charge on any atom is 0.255 e. The van der Waals surface area contributed by atoms with Crippen LogP contribution in [0.15, 0.2) is 23.1 Å². The van der Waals surface area contributed by atoms with Crippen molar-refractivity contribution >= 4 is 27.5 Å². The molecule has 0 bridgehead atoms. The second-order valence-electron chi connectivity index (χ2n) is 6.69. The van der Waals surface area contributed by atoms with E-state index in [4.69, 9.17) is 11.6 Å². The predicted molar refractivity (Wildman–Crippen MR) is 93.7 cm³/mol. The number of halogens is 1. The Morgan fingerprint density at radius 2 is 1.92 bits per heavy atom. The molecule has 132 valence electrons. The van der Waals surface area contributed by atoms with Crippen molar-refractivity contribution < 1.29 is 13.2 Å². The highest BCUT2D eigenvalue weighted by Crippen LogP contribution is 2.36. The van der Waals surface area contributed by atoms with Crippen molar-refractivity contribution in [3.8, 4) is 0 Å². The third-order valence-electron chi connectivity index (χ3n) is 5.33. The van der Waals surface area contributed by atoms with E-state index >= 15 is 0 Å². The second-order valence-corrected chi connectivity index (χ2v) is 8.99. The first-order valence-electron chi connectivity index (χ1n) is 8.45. The van der Waals surface area contributed by atoms with E-state index in [-0.39, 0.29) is 16.4 Å². The molecule has 7 heteroatoms. The number of rotatable bonds is 3. The molecule has 1 saturated carbocycles. The van der Waals surface area contributed by atoms with E-state index in [0.717, 1.165) is 25.4 Å². The third-order valence-corrected chi connectivity index (χ3v) is 7.07. The molecule has 2 fully saturated rings. The lowest BCUT2D eigenvalue weighted by atomic mass is 9.75. The van der Waals surface area contributed by atoms with Crippen molar-refractivity contribution in [1.82, 2.24) is 9.62 Å². The molecule has 1 amide bonds. The molecular formula is C17H23ClN2O3S. The number of benzene rings is 1. The summed E-state index contributed by atoms with van der Waals surface area (Å²) in [5, 5.41) is 0.292. The number of fused-ring (bicyclic) bond motifs is 1. The summed E-state index contributed by atoms with van der Waals surface area (Å²) >= 11 is 6.18. The highest BCUT2D eigenvalue weighted by Gasteiger charge is 2.33. The van der Waals surface area contributed by atoms with Crippen molar-refractivity contribution in [2.45, 2.75) is 37.0 Å². The van der Waals surface area contributed by atoms with Gasteiger partial charge in [0.2, 0.25) is 10.0 Å². The van der Waals surface area contributed by atoms with Crippen LogP contribution in [0.3, 0.4) is 0 Å². The number of hydrogen-bond acceptors (Lipinski definition) is 3. The zero-order valence-corrected chi connectivity index (χ0v) is 15.4. The standard InChI is InChI=1S/C17H23ClN2O3S/c1-19-24(22,23)14-6-7-16(18)15(10-14)17(21)20-9-8-12-4-2-3-5-13(12)11-20/h6-7,10,12-13,19H,2-5,8-9,11H2,1H3/t12-,13+/m0/s1. The monoisotopic (exact) mass is 370 g/mol. The smallest absolute Gasteiger partial charge is 0.255 e. The Hall–Kier alpha value is -1.11. The molecule has 1 aromatic carbocycles. The minimum absolute atomic E-state index is 0.0605. The number of piperidine rings is 1. The van der Waals surface area contributed by atoms with Crippen LogP contribution in [0.4, 0.5) is 0 Å². The van der Waals surface area contributed by atoms with Gasteiger partial charge in [0.05, 0.1) is 15.5 Å². The first-order valence-corrected chi connectivity index (χ1v) is 10.3. The van der Waals surface area contributed by atoms with Gasteiger partial charge >= 0.3 is 0 Å². The molecule has 0 spiro atoms. The molecule has 3 rings (SSSR count). The first kappa shape index (κ1) is 17.7. The van der Waals surface area contributed by atoms with Crippen LogP contribution in [0.5, 0.6) is 0 Å². The van der Waals surface area contributed by atoms with Gasteiger partial charge in [0.15, 0.2) is 0 Å². The Bertz CT molecular complexity index is 735. The van der Waals surface area contributed by atoms with Gasteiger partial charge in [0, 0.05) is 13.1 Å². The van der Waals surface area contributed by atoms with Crippen molar-refractivity contribution in [2.24, 2.45) is 11.8 Å². The molecule has 0 radical (unpaired) electrons. The molecule has 0 unspecified atom stereocenters. The first-order chi connectivity index (χ1) is 11.4. The van der Waals surface area contributed by atoms with Crippen LogP contribution < -0.4 is 4.72 Å². The quantitative estimate of drug-likeness (QED) is 0.889. The second kappa shape index (κ2) is 7.02. The Kier molecular flexibility index (Phi) is 5.18. The van der Waals surface area contributed by atoms with Crippen LogP contribution in [-0.4, -0.2) is 39.4 Å². The SMILES string of the molecule is CNS(=O)(=O)c1ccc(Cl)c(C(=O)N2CC[C@@H]3CCCC[C@@H]3C2)c1. The molecule has 1 N–H and O–H groups in total. The molecule has 1 aromatic rings. The van der Waals surface area contributed by atoms with Gasteiger partial charge in [-0.25, -0.2) is 13.1 Å². The Morgan fingerprint density at radius 3 is 2.62 bits per heavy atom. The van der Waals surface area contributed by atoms with Crippen LogP contribution in [-0.2, 0) is 10.0 Å². The van der Waals surface area contributed by atoms with Crippen LogP contribution >= 0.6 is 11.6 Å². The average Bonchev–Trinajstić information content (AvgIpc) is 2.61. The summed E-state index contributed by atoms with van der Waals surface area (Å²) in [6, 6.07) is 4.27. The van der Waals surface area contributed by atoms with E-state index in [1.165, 1.54) is 50.9 Å². The lowest BCUT2D eigenvalue weighted by molar-refractivity contribution is 0.0521. The fraction of sp³-hybridized carbons (Fsp3) is 0.588. The number of carbonyl (C=O) groups is 1. The number of sulfonamides is 1. The molecule has 24 heavy (non-hydrogen) atoms. The molecule has 5 nitrogen and oxygen atoms in total. The summed E-state index contributed by atoms with van der Waals surface area (Å²) in [4.78, 5) is 14.8. The minimum Gasteiger partial charge on any atom is -0.338 e. The maximum atomic E-state index is 12.9. The van der Waals surface area contributed by atoms with Gasteiger partial charge in [-0.3, -0.25) is 4.79 Å². The Labute approximate surface area is 148 Å². The van der Waals surface area contributed by atoms with Gasteiger partial charge in [-0.15, -0.1) is 0 Å². The number of hydrogen-bond donors (Lipinski definition) is 1. The van der Waals surface area contributed by atoms with Crippen LogP contribution in [0.1, 0.15) is 42.5 Å². The number of carbonyl (C=O) groups excluding carboxylic acids is 1. The number of likely N-dealkylation sites (tertiary alicyclic amines) is 1. The fourth-order valence-corrected chi connectivity index (χ4v) is 4.86. The van der Waals surface area contributed by atoms with Gasteiger partial charge in [-0.1, -0.05) is 30.9 Å². The Balaban J connectivity index is 1.83. The summed E-state index contributed by atoms with van der Waals surface area (Å²) in [7, 11) is -2.25. The van der Waals surface area contributed by atoms with E-state index in [0.29, 0.717) is 10.9 Å². The molecular weight excluding hydrogens is 348 g/mol. The Morgan fingerprint density at radius 1 is 1.21 bits per heavy atom. The zero-order valence-electron chi connectivity index (χ0n) is 13.8. The molecule has 2 aliphatic rings. The molecule has 1 heterocycles. The highest BCUT2D eigenvalue weighted by molar-refractivity contribution is 7.89. The number of nitrogens with zero attached hydrogens (tertiary/aromatic N) is 1. The molecule has 1 aliphatic heterocycles. The topological polar surface area (TPSA) is 66.5 Å². The van der Waals surface area contributed by atoms with Gasteiger partial charge < -0.3 is 4.90 Å². The minimum atomic E-state index is -3.60. The van der Waals surface area contributed by atoms with E-state index in [1.807, 2.05) is 4.90 Å². The van der Waals surface area contributed by atoms with Crippen LogP contribution in [0.25, 0.3) is 0 Å². The average molecular weight is 371 g/mol. The lowest BCUT2D eigenvalue weighted by Crippen LogP contribution is -2.44. The molecule has 1 saturated heterocycles. The molecule has 0 aromatic heterocycles. The van der Waals surface area contributed by atoms with Gasteiger partial charge in [-0.2, -0.15) is 0 Å².